The van der Waals surface area contributed by atoms with E-state index in [0.717, 1.165) is 22.9 Å². The van der Waals surface area contributed by atoms with Crippen LogP contribution in [0.15, 0.2) is 30.3 Å². The van der Waals surface area contributed by atoms with Crippen molar-refractivity contribution in [3.63, 3.8) is 0 Å². The van der Waals surface area contributed by atoms with Crippen LogP contribution < -0.4 is 0 Å². The number of aromatic amines is 1. The summed E-state index contributed by atoms with van der Waals surface area (Å²) in [5.41, 5.74) is 4.68. The molecule has 0 radical (unpaired) electrons. The first-order chi connectivity index (χ1) is 11.1. The van der Waals surface area contributed by atoms with E-state index in [2.05, 4.69) is 62.2 Å². The highest BCUT2D eigenvalue weighted by Gasteiger charge is 2.13. The fourth-order valence-corrected chi connectivity index (χ4v) is 3.38. The van der Waals surface area contributed by atoms with Gasteiger partial charge >= 0.3 is 0 Å². The lowest BCUT2D eigenvalue weighted by Crippen LogP contribution is -2.16. The number of H-pyrrole nitrogens is 1. The maximum absolute atomic E-state index is 5.77. The zero-order chi connectivity index (χ0) is 17.2. The molecule has 2 rings (SSSR count). The zero-order valence-electron chi connectivity index (χ0n) is 15.2. The first kappa shape index (κ1) is 19.8. The lowest BCUT2D eigenvalue weighted by Gasteiger charge is -2.15. The van der Waals surface area contributed by atoms with Crippen molar-refractivity contribution in [2.24, 2.45) is 0 Å². The first-order valence-electron chi connectivity index (χ1n) is 8.40. The Morgan fingerprint density at radius 2 is 1.78 bits per heavy atom. The van der Waals surface area contributed by atoms with Crippen LogP contribution in [0.5, 0.6) is 0 Å². The number of nitrogens with zero attached hydrogens (tertiary/aromatic N) is 1. The Labute approximate surface area is 145 Å². The summed E-state index contributed by atoms with van der Waals surface area (Å²) < 4.78 is 5.77. The molecule has 1 unspecified atom stereocenters. The molecule has 3 nitrogen and oxygen atoms in total. The first-order valence-corrected chi connectivity index (χ1v) is 9.56. The lowest BCUT2D eigenvalue weighted by atomic mass is 10.1. The second kappa shape index (κ2) is 10.5. The van der Waals surface area contributed by atoms with Crippen LogP contribution in [0, 0.1) is 6.92 Å². The van der Waals surface area contributed by atoms with Gasteiger partial charge < -0.3 is 4.74 Å². The zero-order valence-corrected chi connectivity index (χ0v) is 16.0. The largest absolute Gasteiger partial charge is 0.375 e. The molecular weight excluding hydrogens is 304 g/mol. The molecule has 0 aliphatic rings. The highest BCUT2D eigenvalue weighted by molar-refractivity contribution is 7.98. The van der Waals surface area contributed by atoms with Gasteiger partial charge in [0.2, 0.25) is 0 Å². The fraction of sp³-hybridized carbons (Fsp3) is 0.526. The number of benzene rings is 1. The van der Waals surface area contributed by atoms with Crippen molar-refractivity contribution in [2.75, 3.05) is 5.75 Å². The molecule has 0 bridgehead atoms. The minimum atomic E-state index is 0.280. The number of nitrogens with one attached hydrogen (secondary N) is 1. The number of rotatable bonds is 7. The number of aryl methyl sites for hydroxylation is 1. The van der Waals surface area contributed by atoms with Gasteiger partial charge in [0.15, 0.2) is 0 Å². The third-order valence-electron chi connectivity index (χ3n) is 3.22. The van der Waals surface area contributed by atoms with Gasteiger partial charge in [0.25, 0.3) is 0 Å². The average Bonchev–Trinajstić information content (AvgIpc) is 2.91. The van der Waals surface area contributed by atoms with Crippen molar-refractivity contribution < 1.29 is 4.74 Å². The van der Waals surface area contributed by atoms with Crippen LogP contribution in [0.25, 0.3) is 11.3 Å². The fourth-order valence-electron chi connectivity index (χ4n) is 2.29. The Bertz CT molecular complexity index is 552. The average molecular weight is 335 g/mol. The number of aromatic nitrogens is 2. The molecule has 1 aromatic carbocycles. The highest BCUT2D eigenvalue weighted by atomic mass is 32.2. The molecule has 1 heterocycles. The van der Waals surface area contributed by atoms with Gasteiger partial charge in [-0.25, -0.2) is 0 Å². The predicted molar refractivity (Wildman–Crippen MR) is 102 cm³/mol. The molecule has 2 aromatic rings. The quantitative estimate of drug-likeness (QED) is 0.731. The van der Waals surface area contributed by atoms with Crippen LogP contribution in [-0.2, 0) is 10.5 Å². The van der Waals surface area contributed by atoms with E-state index >= 15 is 0 Å². The van der Waals surface area contributed by atoms with Crippen LogP contribution in [0.4, 0.5) is 0 Å². The van der Waals surface area contributed by atoms with E-state index in [1.54, 1.807) is 0 Å². The van der Waals surface area contributed by atoms with Crippen molar-refractivity contribution in [3.05, 3.63) is 41.6 Å². The van der Waals surface area contributed by atoms with Gasteiger partial charge in [-0.05, 0) is 27.7 Å². The molecule has 0 aliphatic carbocycles. The van der Waals surface area contributed by atoms with Crippen molar-refractivity contribution in [1.29, 1.82) is 0 Å². The SMILES string of the molecule is CC.Cc1[nH]nc(-c2ccccc2)c1CSCC(C)OC(C)C. The molecular formula is C19H30N2OS. The summed E-state index contributed by atoms with van der Waals surface area (Å²) >= 11 is 1.90. The molecule has 23 heavy (non-hydrogen) atoms. The smallest absolute Gasteiger partial charge is 0.0963 e. The summed E-state index contributed by atoms with van der Waals surface area (Å²) in [5, 5.41) is 7.57. The summed E-state index contributed by atoms with van der Waals surface area (Å²) in [4.78, 5) is 0. The second-order valence-corrected chi connectivity index (χ2v) is 6.58. The van der Waals surface area contributed by atoms with E-state index < -0.39 is 0 Å². The van der Waals surface area contributed by atoms with Gasteiger partial charge in [-0.3, -0.25) is 5.10 Å². The van der Waals surface area contributed by atoms with Crippen LogP contribution in [0.3, 0.4) is 0 Å². The van der Waals surface area contributed by atoms with Gasteiger partial charge in [-0.1, -0.05) is 44.2 Å². The van der Waals surface area contributed by atoms with Crippen molar-refractivity contribution in [3.8, 4) is 11.3 Å². The molecule has 1 atom stereocenters. The van der Waals surface area contributed by atoms with E-state index in [1.165, 1.54) is 11.1 Å². The molecule has 0 saturated carbocycles. The Morgan fingerprint density at radius 1 is 1.13 bits per heavy atom. The van der Waals surface area contributed by atoms with Gasteiger partial charge in [-0.2, -0.15) is 16.9 Å². The number of ether oxygens (including phenoxy) is 1. The maximum atomic E-state index is 5.77. The number of hydrogen-bond acceptors (Lipinski definition) is 3. The Kier molecular flexibility index (Phi) is 9.03. The molecule has 0 saturated heterocycles. The Morgan fingerprint density at radius 3 is 2.39 bits per heavy atom. The van der Waals surface area contributed by atoms with Gasteiger partial charge in [0.1, 0.15) is 0 Å². The predicted octanol–water partition coefficient (Wildman–Crippen LogP) is 5.46. The van der Waals surface area contributed by atoms with Crippen LogP contribution >= 0.6 is 11.8 Å². The minimum absolute atomic E-state index is 0.280. The monoisotopic (exact) mass is 334 g/mol. The van der Waals surface area contributed by atoms with E-state index in [-0.39, 0.29) is 12.2 Å². The lowest BCUT2D eigenvalue weighted by molar-refractivity contribution is 0.0327. The molecule has 0 amide bonds. The van der Waals surface area contributed by atoms with Gasteiger partial charge in [-0.15, -0.1) is 0 Å². The number of hydrogen-bond donors (Lipinski definition) is 1. The van der Waals surface area contributed by atoms with Crippen molar-refractivity contribution in [2.45, 2.75) is 59.5 Å². The van der Waals surface area contributed by atoms with Gasteiger partial charge in [0, 0.05) is 28.3 Å². The topological polar surface area (TPSA) is 37.9 Å². The van der Waals surface area contributed by atoms with E-state index in [1.807, 2.05) is 31.7 Å². The van der Waals surface area contributed by atoms with Crippen molar-refractivity contribution >= 4 is 11.8 Å². The molecule has 1 N–H and O–H groups in total. The van der Waals surface area contributed by atoms with Crippen LogP contribution in [0.1, 0.15) is 45.9 Å². The second-order valence-electron chi connectivity index (χ2n) is 5.55. The summed E-state index contributed by atoms with van der Waals surface area (Å²) in [5.74, 6) is 1.95. The summed E-state index contributed by atoms with van der Waals surface area (Å²) in [6.07, 6.45) is 0.568. The molecule has 0 aliphatic heterocycles. The summed E-state index contributed by atoms with van der Waals surface area (Å²) in [6.45, 7) is 12.4. The Hall–Kier alpha value is -1.26. The van der Waals surface area contributed by atoms with E-state index in [9.17, 15) is 0 Å². The third-order valence-corrected chi connectivity index (χ3v) is 4.42. The van der Waals surface area contributed by atoms with Crippen molar-refractivity contribution in [1.82, 2.24) is 10.2 Å². The standard InChI is InChI=1S/C17H24N2OS.C2H6/c1-12(2)20-13(3)10-21-11-16-14(4)18-19-17(16)15-8-6-5-7-9-15;1-2/h5-9,12-13H,10-11H2,1-4H3,(H,18,19);1-2H3. The summed E-state index contributed by atoms with van der Waals surface area (Å²) in [6, 6.07) is 10.3. The molecule has 128 valence electrons. The van der Waals surface area contributed by atoms with Crippen LogP contribution in [0.2, 0.25) is 0 Å². The van der Waals surface area contributed by atoms with E-state index in [4.69, 9.17) is 4.74 Å². The minimum Gasteiger partial charge on any atom is -0.375 e. The van der Waals surface area contributed by atoms with Crippen LogP contribution in [-0.4, -0.2) is 28.2 Å². The maximum Gasteiger partial charge on any atom is 0.0963 e. The molecule has 1 aromatic heterocycles. The molecule has 0 spiro atoms. The van der Waals surface area contributed by atoms with Gasteiger partial charge in [0.05, 0.1) is 17.9 Å². The summed E-state index contributed by atoms with van der Waals surface area (Å²) in [7, 11) is 0. The highest BCUT2D eigenvalue weighted by Crippen LogP contribution is 2.27. The Balaban J connectivity index is 0.00000127. The third kappa shape index (κ3) is 6.40. The van der Waals surface area contributed by atoms with E-state index in [0.29, 0.717) is 0 Å². The molecule has 4 heteroatoms. The number of thioether (sulfide) groups is 1. The molecule has 0 fully saturated rings. The normalized spacial score (nSPS) is 12.0.